The third-order valence-corrected chi connectivity index (χ3v) is 6.59. The zero-order valence-corrected chi connectivity index (χ0v) is 16.8. The molecule has 1 saturated heterocycles. The Labute approximate surface area is 170 Å². The average Bonchev–Trinajstić information content (AvgIpc) is 3.18. The van der Waals surface area contributed by atoms with Crippen LogP contribution in [0.3, 0.4) is 0 Å². The van der Waals surface area contributed by atoms with Crippen molar-refractivity contribution in [2.24, 2.45) is 0 Å². The molecule has 2 aliphatic rings. The molecule has 1 aromatic carbocycles. The van der Waals surface area contributed by atoms with Gasteiger partial charge in [0.05, 0.1) is 17.4 Å². The van der Waals surface area contributed by atoms with E-state index < -0.39 is 0 Å². The number of halogens is 1. The summed E-state index contributed by atoms with van der Waals surface area (Å²) in [5.74, 6) is 0.927. The zero-order valence-electron chi connectivity index (χ0n) is 16.8. The minimum Gasteiger partial charge on any atom is -0.325 e. The van der Waals surface area contributed by atoms with E-state index in [1.165, 1.54) is 11.6 Å². The molecule has 4 heterocycles. The number of fused-ring (bicyclic) bond motifs is 2. The minimum atomic E-state index is -0.204. The van der Waals surface area contributed by atoms with Gasteiger partial charge in [-0.3, -0.25) is 14.8 Å². The number of rotatable bonds is 3. The summed E-state index contributed by atoms with van der Waals surface area (Å²) in [6, 6.07) is 11.0. The molecule has 0 saturated carbocycles. The van der Waals surface area contributed by atoms with Gasteiger partial charge >= 0.3 is 0 Å². The summed E-state index contributed by atoms with van der Waals surface area (Å²) in [7, 11) is 2.22. The number of hydrogen-bond acceptors (Lipinski definition) is 4. The molecule has 5 rings (SSSR count). The molecule has 0 bridgehead atoms. The maximum absolute atomic E-state index is 13.8. The summed E-state index contributed by atoms with van der Waals surface area (Å²) < 4.78 is 16.1. The zero-order chi connectivity index (χ0) is 19.8. The van der Waals surface area contributed by atoms with Gasteiger partial charge in [-0.25, -0.2) is 9.37 Å². The summed E-state index contributed by atoms with van der Waals surface area (Å²) >= 11 is 0. The Hall–Kier alpha value is -2.57. The SMILES string of the molecule is CN1CCn2c(-c3cccc(F)c3)cnc2C12CCN(Cc1cccnc1)CC2. The molecule has 0 unspecified atom stereocenters. The molecular formula is C23H26FN5. The highest BCUT2D eigenvalue weighted by Crippen LogP contribution is 2.41. The second kappa shape index (κ2) is 7.35. The molecule has 1 fully saturated rings. The number of aromatic nitrogens is 3. The predicted molar refractivity (Wildman–Crippen MR) is 111 cm³/mol. The molecule has 0 aliphatic carbocycles. The summed E-state index contributed by atoms with van der Waals surface area (Å²) in [4.78, 5) is 14.1. The quantitative estimate of drug-likeness (QED) is 0.685. The van der Waals surface area contributed by atoms with Crippen molar-refractivity contribution in [2.75, 3.05) is 26.7 Å². The molecule has 5 nitrogen and oxygen atoms in total. The largest absolute Gasteiger partial charge is 0.325 e. The van der Waals surface area contributed by atoms with Crippen molar-refractivity contribution >= 4 is 0 Å². The highest BCUT2D eigenvalue weighted by molar-refractivity contribution is 5.60. The van der Waals surface area contributed by atoms with Crippen LogP contribution in [0, 0.1) is 5.82 Å². The van der Waals surface area contributed by atoms with Crippen molar-refractivity contribution in [1.82, 2.24) is 24.3 Å². The smallest absolute Gasteiger partial charge is 0.129 e. The van der Waals surface area contributed by atoms with Crippen LogP contribution in [0.4, 0.5) is 4.39 Å². The van der Waals surface area contributed by atoms with E-state index in [1.807, 2.05) is 30.7 Å². The number of pyridine rings is 1. The van der Waals surface area contributed by atoms with Gasteiger partial charge in [-0.15, -0.1) is 0 Å². The van der Waals surface area contributed by atoms with Crippen LogP contribution in [0.15, 0.2) is 55.0 Å². The number of likely N-dealkylation sites (N-methyl/N-ethyl adjacent to an activating group) is 1. The Bertz CT molecular complexity index is 992. The van der Waals surface area contributed by atoms with Crippen molar-refractivity contribution in [3.63, 3.8) is 0 Å². The Morgan fingerprint density at radius 1 is 1.03 bits per heavy atom. The maximum atomic E-state index is 13.8. The molecule has 2 aromatic heterocycles. The molecule has 3 aromatic rings. The van der Waals surface area contributed by atoms with E-state index in [2.05, 4.69) is 32.5 Å². The molecule has 0 amide bonds. The van der Waals surface area contributed by atoms with Gasteiger partial charge in [-0.2, -0.15) is 0 Å². The van der Waals surface area contributed by atoms with Gasteiger partial charge in [0, 0.05) is 50.7 Å². The van der Waals surface area contributed by atoms with E-state index in [0.29, 0.717) is 0 Å². The van der Waals surface area contributed by atoms with Gasteiger partial charge in [0.2, 0.25) is 0 Å². The summed E-state index contributed by atoms with van der Waals surface area (Å²) in [5, 5.41) is 0. The van der Waals surface area contributed by atoms with Crippen LogP contribution < -0.4 is 0 Å². The third kappa shape index (κ3) is 3.26. The van der Waals surface area contributed by atoms with Gasteiger partial charge in [0.25, 0.3) is 0 Å². The van der Waals surface area contributed by atoms with E-state index in [4.69, 9.17) is 4.98 Å². The predicted octanol–water partition coefficient (Wildman–Crippen LogP) is 3.52. The number of imidazole rings is 1. The van der Waals surface area contributed by atoms with Crippen molar-refractivity contribution in [1.29, 1.82) is 0 Å². The lowest BCUT2D eigenvalue weighted by atomic mass is 9.83. The molecule has 1 spiro atoms. The maximum Gasteiger partial charge on any atom is 0.129 e. The Balaban J connectivity index is 1.41. The second-order valence-electron chi connectivity index (χ2n) is 8.22. The van der Waals surface area contributed by atoms with Crippen LogP contribution in [-0.2, 0) is 18.6 Å². The fourth-order valence-corrected chi connectivity index (χ4v) is 4.92. The van der Waals surface area contributed by atoms with Gasteiger partial charge in [0.15, 0.2) is 0 Å². The van der Waals surface area contributed by atoms with Crippen LogP contribution in [0.5, 0.6) is 0 Å². The average molecular weight is 391 g/mol. The second-order valence-corrected chi connectivity index (χ2v) is 8.22. The third-order valence-electron chi connectivity index (χ3n) is 6.59. The van der Waals surface area contributed by atoms with E-state index in [-0.39, 0.29) is 11.4 Å². The lowest BCUT2D eigenvalue weighted by Gasteiger charge is -2.49. The molecule has 0 N–H and O–H groups in total. The van der Waals surface area contributed by atoms with E-state index >= 15 is 0 Å². The number of likely N-dealkylation sites (tertiary alicyclic amines) is 1. The first-order chi connectivity index (χ1) is 14.2. The number of hydrogen-bond donors (Lipinski definition) is 0. The highest BCUT2D eigenvalue weighted by atomic mass is 19.1. The topological polar surface area (TPSA) is 37.2 Å². The molecule has 150 valence electrons. The Kier molecular flexibility index (Phi) is 4.68. The van der Waals surface area contributed by atoms with Gasteiger partial charge in [-0.05, 0) is 43.7 Å². The van der Waals surface area contributed by atoms with Crippen molar-refractivity contribution in [3.8, 4) is 11.3 Å². The van der Waals surface area contributed by atoms with Crippen LogP contribution in [-0.4, -0.2) is 51.0 Å². The number of piperidine rings is 1. The summed E-state index contributed by atoms with van der Waals surface area (Å²) in [5.41, 5.74) is 3.13. The Morgan fingerprint density at radius 2 is 1.90 bits per heavy atom. The molecule has 29 heavy (non-hydrogen) atoms. The molecule has 0 atom stereocenters. The van der Waals surface area contributed by atoms with Gasteiger partial charge in [-0.1, -0.05) is 18.2 Å². The molecule has 6 heteroatoms. The fraction of sp³-hybridized carbons (Fsp3) is 0.391. The van der Waals surface area contributed by atoms with Crippen LogP contribution in [0.1, 0.15) is 24.2 Å². The van der Waals surface area contributed by atoms with Crippen LogP contribution >= 0.6 is 0 Å². The molecular weight excluding hydrogens is 365 g/mol. The highest BCUT2D eigenvalue weighted by Gasteiger charge is 2.45. The van der Waals surface area contributed by atoms with E-state index in [1.54, 1.807) is 12.1 Å². The van der Waals surface area contributed by atoms with Crippen LogP contribution in [0.2, 0.25) is 0 Å². The monoisotopic (exact) mass is 391 g/mol. The normalized spacial score (nSPS) is 19.4. The first-order valence-electron chi connectivity index (χ1n) is 10.3. The van der Waals surface area contributed by atoms with Crippen LogP contribution in [0.25, 0.3) is 11.3 Å². The van der Waals surface area contributed by atoms with Crippen molar-refractivity contribution in [2.45, 2.75) is 31.5 Å². The van der Waals surface area contributed by atoms with Crippen molar-refractivity contribution in [3.05, 3.63) is 72.2 Å². The van der Waals surface area contributed by atoms with Crippen molar-refractivity contribution < 1.29 is 4.39 Å². The number of benzene rings is 1. The van der Waals surface area contributed by atoms with E-state index in [9.17, 15) is 4.39 Å². The standard InChI is InChI=1S/C23H26FN5/c1-27-12-13-29-21(19-5-2-6-20(24)14-19)16-26-22(29)23(27)7-10-28(11-8-23)17-18-4-3-9-25-15-18/h2-6,9,14-16H,7-8,10-13,17H2,1H3. The summed E-state index contributed by atoms with van der Waals surface area (Å²) in [6.45, 7) is 4.87. The number of nitrogens with zero attached hydrogens (tertiary/aromatic N) is 5. The minimum absolute atomic E-state index is 0.0464. The first kappa shape index (κ1) is 18.5. The molecule has 0 radical (unpaired) electrons. The van der Waals surface area contributed by atoms with Gasteiger partial charge in [0.1, 0.15) is 11.6 Å². The summed E-state index contributed by atoms with van der Waals surface area (Å²) in [6.07, 6.45) is 7.79. The fourth-order valence-electron chi connectivity index (χ4n) is 4.92. The Morgan fingerprint density at radius 3 is 2.66 bits per heavy atom. The lowest BCUT2D eigenvalue weighted by molar-refractivity contribution is 0.00698. The molecule has 2 aliphatic heterocycles. The lowest BCUT2D eigenvalue weighted by Crippen LogP contribution is -2.56. The van der Waals surface area contributed by atoms with E-state index in [0.717, 1.165) is 62.6 Å². The first-order valence-corrected chi connectivity index (χ1v) is 10.3. The van der Waals surface area contributed by atoms with Gasteiger partial charge < -0.3 is 4.57 Å².